The maximum Gasteiger partial charge on any atom is 0.351 e. The Morgan fingerprint density at radius 2 is 1.54 bits per heavy atom. The molecule has 0 amide bonds. The summed E-state index contributed by atoms with van der Waals surface area (Å²) in [5.41, 5.74) is 2.81. The summed E-state index contributed by atoms with van der Waals surface area (Å²) in [5, 5.41) is 0.635. The zero-order valence-corrected chi connectivity index (χ0v) is 16.5. The Morgan fingerprint density at radius 3 is 2.21 bits per heavy atom. The van der Waals surface area contributed by atoms with Crippen LogP contribution in [0.2, 0.25) is 0 Å². The predicted octanol–water partition coefficient (Wildman–Crippen LogP) is 5.75. The molecule has 0 N–H and O–H groups in total. The summed E-state index contributed by atoms with van der Waals surface area (Å²) >= 11 is 3.36. The lowest BCUT2D eigenvalue weighted by Crippen LogP contribution is -2.18. The molecule has 4 nitrogen and oxygen atoms in total. The Hall–Kier alpha value is -3.18. The number of rotatable bonds is 3. The van der Waals surface area contributed by atoms with Crippen LogP contribution in [-0.4, -0.2) is 5.97 Å². The van der Waals surface area contributed by atoms with Gasteiger partial charge in [-0.2, -0.15) is 0 Å². The number of halogens is 1. The number of hydrogen-bond acceptors (Lipinski definition) is 4. The molecule has 0 aliphatic rings. The molecule has 0 saturated heterocycles. The Bertz CT molecular complexity index is 1220. The Kier molecular flexibility index (Phi) is 4.84. The van der Waals surface area contributed by atoms with Crippen LogP contribution in [0.5, 0.6) is 5.75 Å². The number of esters is 1. The molecule has 5 heteroatoms. The number of ether oxygens (including phenoxy) is 1. The second-order valence-corrected chi connectivity index (χ2v) is 7.33. The molecular formula is C23H15BrO4. The normalized spacial score (nSPS) is 10.8. The lowest BCUT2D eigenvalue weighted by molar-refractivity contribution is 0.0730. The maximum atomic E-state index is 12.5. The topological polar surface area (TPSA) is 56.5 Å². The predicted molar refractivity (Wildman–Crippen MR) is 112 cm³/mol. The van der Waals surface area contributed by atoms with Crippen LogP contribution in [0.3, 0.4) is 0 Å². The van der Waals surface area contributed by atoms with E-state index in [-0.39, 0.29) is 5.56 Å². The minimum absolute atomic E-state index is 0.145. The smallest absolute Gasteiger partial charge is 0.351 e. The Balaban J connectivity index is 1.58. The van der Waals surface area contributed by atoms with Gasteiger partial charge < -0.3 is 9.15 Å². The van der Waals surface area contributed by atoms with Gasteiger partial charge in [0.2, 0.25) is 0 Å². The minimum atomic E-state index is -0.751. The maximum absolute atomic E-state index is 12.5. The molecule has 0 saturated carbocycles. The third-order valence-electron chi connectivity index (χ3n) is 4.36. The van der Waals surface area contributed by atoms with Crippen LogP contribution in [0, 0.1) is 6.92 Å². The van der Waals surface area contributed by atoms with Crippen LogP contribution in [0.25, 0.3) is 22.1 Å². The first-order valence-electron chi connectivity index (χ1n) is 8.62. The monoisotopic (exact) mass is 434 g/mol. The van der Waals surface area contributed by atoms with Gasteiger partial charge in [0, 0.05) is 9.86 Å². The fourth-order valence-corrected chi connectivity index (χ4v) is 3.24. The highest BCUT2D eigenvalue weighted by atomic mass is 79.9. The largest absolute Gasteiger partial charge is 0.423 e. The molecule has 1 aromatic heterocycles. The Morgan fingerprint density at radius 1 is 0.893 bits per heavy atom. The summed E-state index contributed by atoms with van der Waals surface area (Å²) < 4.78 is 11.4. The number of carbonyl (C=O) groups excluding carboxylic acids is 1. The molecule has 4 aromatic rings. The SMILES string of the molecule is Cc1ccc(-c2ccc(OC(=O)c3cc4cc(Br)ccc4oc3=O)cc2)cc1. The lowest BCUT2D eigenvalue weighted by Gasteiger charge is -2.07. The van der Waals surface area contributed by atoms with Gasteiger partial charge in [-0.25, -0.2) is 9.59 Å². The highest BCUT2D eigenvalue weighted by molar-refractivity contribution is 9.10. The second-order valence-electron chi connectivity index (χ2n) is 6.41. The van der Waals surface area contributed by atoms with Gasteiger partial charge in [0.1, 0.15) is 16.9 Å². The first kappa shape index (κ1) is 18.2. The van der Waals surface area contributed by atoms with E-state index >= 15 is 0 Å². The number of fused-ring (bicyclic) bond motifs is 1. The summed E-state index contributed by atoms with van der Waals surface area (Å²) in [6.45, 7) is 2.04. The number of hydrogen-bond donors (Lipinski definition) is 0. The lowest BCUT2D eigenvalue weighted by atomic mass is 10.0. The van der Waals surface area contributed by atoms with Gasteiger partial charge in [-0.05, 0) is 54.4 Å². The molecular weight excluding hydrogens is 420 g/mol. The van der Waals surface area contributed by atoms with Crippen molar-refractivity contribution in [2.75, 3.05) is 0 Å². The first-order chi connectivity index (χ1) is 13.5. The highest BCUT2D eigenvalue weighted by Crippen LogP contribution is 2.24. The van der Waals surface area contributed by atoms with E-state index in [4.69, 9.17) is 9.15 Å². The Labute approximate surface area is 169 Å². The van der Waals surface area contributed by atoms with E-state index in [0.717, 1.165) is 15.6 Å². The molecule has 0 aliphatic carbocycles. The third kappa shape index (κ3) is 3.75. The van der Waals surface area contributed by atoms with Crippen LogP contribution >= 0.6 is 15.9 Å². The fourth-order valence-electron chi connectivity index (χ4n) is 2.86. The van der Waals surface area contributed by atoms with Crippen molar-refractivity contribution in [1.29, 1.82) is 0 Å². The van der Waals surface area contributed by atoms with E-state index in [1.807, 2.05) is 43.3 Å². The minimum Gasteiger partial charge on any atom is -0.423 e. The zero-order chi connectivity index (χ0) is 19.7. The fraction of sp³-hybridized carbons (Fsp3) is 0.0435. The van der Waals surface area contributed by atoms with Crippen LogP contribution < -0.4 is 10.4 Å². The molecule has 28 heavy (non-hydrogen) atoms. The van der Waals surface area contributed by atoms with Crippen molar-refractivity contribution in [1.82, 2.24) is 0 Å². The van der Waals surface area contributed by atoms with E-state index in [2.05, 4.69) is 15.9 Å². The van der Waals surface area contributed by atoms with E-state index in [1.54, 1.807) is 30.3 Å². The van der Waals surface area contributed by atoms with Crippen molar-refractivity contribution in [3.8, 4) is 16.9 Å². The molecule has 0 aliphatic heterocycles. The van der Waals surface area contributed by atoms with Crippen LogP contribution in [0.1, 0.15) is 15.9 Å². The molecule has 0 unspecified atom stereocenters. The zero-order valence-electron chi connectivity index (χ0n) is 14.9. The van der Waals surface area contributed by atoms with Crippen molar-refractivity contribution in [2.45, 2.75) is 6.92 Å². The molecule has 0 atom stereocenters. The van der Waals surface area contributed by atoms with Gasteiger partial charge >= 0.3 is 11.6 Å². The molecule has 0 bridgehead atoms. The number of benzene rings is 3. The van der Waals surface area contributed by atoms with Crippen LogP contribution in [0.15, 0.2) is 86.5 Å². The summed E-state index contributed by atoms with van der Waals surface area (Å²) in [7, 11) is 0. The molecule has 0 spiro atoms. The molecule has 4 rings (SSSR count). The highest BCUT2D eigenvalue weighted by Gasteiger charge is 2.16. The van der Waals surface area contributed by atoms with Crippen molar-refractivity contribution in [2.24, 2.45) is 0 Å². The molecule has 1 heterocycles. The number of carbonyl (C=O) groups is 1. The quantitative estimate of drug-likeness (QED) is 0.234. The van der Waals surface area contributed by atoms with Gasteiger partial charge in [-0.1, -0.05) is 57.9 Å². The van der Waals surface area contributed by atoms with E-state index < -0.39 is 11.6 Å². The van der Waals surface area contributed by atoms with Crippen molar-refractivity contribution < 1.29 is 13.9 Å². The standard InChI is InChI=1S/C23H15BrO4/c1-14-2-4-15(5-3-14)16-6-9-19(10-7-16)27-22(25)20-13-17-12-18(24)8-11-21(17)28-23(20)26/h2-13H,1H3. The van der Waals surface area contributed by atoms with E-state index in [0.29, 0.717) is 16.7 Å². The molecule has 138 valence electrons. The average Bonchev–Trinajstić information content (AvgIpc) is 2.69. The summed E-state index contributed by atoms with van der Waals surface area (Å²) in [4.78, 5) is 24.6. The number of aryl methyl sites for hydroxylation is 1. The third-order valence-corrected chi connectivity index (χ3v) is 4.86. The van der Waals surface area contributed by atoms with Gasteiger partial charge in [0.25, 0.3) is 0 Å². The molecule has 3 aromatic carbocycles. The summed E-state index contributed by atoms with van der Waals surface area (Å²) in [6, 6.07) is 22.0. The molecule has 0 radical (unpaired) electrons. The average molecular weight is 435 g/mol. The van der Waals surface area contributed by atoms with Gasteiger partial charge in [0.05, 0.1) is 0 Å². The van der Waals surface area contributed by atoms with Crippen molar-refractivity contribution in [3.05, 3.63) is 98.8 Å². The summed E-state index contributed by atoms with van der Waals surface area (Å²) in [6.07, 6.45) is 0. The summed E-state index contributed by atoms with van der Waals surface area (Å²) in [5.74, 6) is -0.395. The van der Waals surface area contributed by atoms with Gasteiger partial charge in [-0.15, -0.1) is 0 Å². The van der Waals surface area contributed by atoms with E-state index in [1.165, 1.54) is 11.6 Å². The van der Waals surface area contributed by atoms with Crippen LogP contribution in [-0.2, 0) is 0 Å². The van der Waals surface area contributed by atoms with Crippen LogP contribution in [0.4, 0.5) is 0 Å². The van der Waals surface area contributed by atoms with E-state index in [9.17, 15) is 9.59 Å². The van der Waals surface area contributed by atoms with Gasteiger partial charge in [-0.3, -0.25) is 0 Å². The van der Waals surface area contributed by atoms with Gasteiger partial charge in [0.15, 0.2) is 0 Å². The second kappa shape index (κ2) is 7.44. The van der Waals surface area contributed by atoms with Crippen molar-refractivity contribution in [3.63, 3.8) is 0 Å². The van der Waals surface area contributed by atoms with Crippen molar-refractivity contribution >= 4 is 32.9 Å². The first-order valence-corrected chi connectivity index (χ1v) is 9.41. The molecule has 0 fully saturated rings.